The Hall–Kier alpha value is -1.69. The molecule has 120 valence electrons. The summed E-state index contributed by atoms with van der Waals surface area (Å²) in [5.41, 5.74) is 1.92. The van der Waals surface area contributed by atoms with Crippen LogP contribution in [0.1, 0.15) is 18.1 Å². The summed E-state index contributed by atoms with van der Waals surface area (Å²) in [6.45, 7) is 4.69. The number of benzene rings is 1. The van der Waals surface area contributed by atoms with Crippen molar-refractivity contribution < 1.29 is 19.4 Å². The molecule has 1 heterocycles. The van der Waals surface area contributed by atoms with Gasteiger partial charge in [-0.1, -0.05) is 36.4 Å². The van der Waals surface area contributed by atoms with Gasteiger partial charge in [0.15, 0.2) is 0 Å². The third-order valence-electron chi connectivity index (χ3n) is 3.59. The summed E-state index contributed by atoms with van der Waals surface area (Å²) < 4.78 is 10.8. The van der Waals surface area contributed by atoms with Crippen molar-refractivity contribution >= 4 is 12.0 Å². The number of rotatable bonds is 6. The van der Waals surface area contributed by atoms with Gasteiger partial charge in [-0.25, -0.2) is 0 Å². The molecule has 0 saturated carbocycles. The molecule has 1 atom stereocenters. The van der Waals surface area contributed by atoms with Crippen molar-refractivity contribution in [1.82, 2.24) is 4.90 Å². The molecule has 0 spiro atoms. The SMILES string of the molecule is C[C@@H](OC/C=C/c1ccc(CO)cc1)C(=O)N1CCOCC1. The molecule has 0 unspecified atom stereocenters. The molecule has 5 heteroatoms. The van der Waals surface area contributed by atoms with Crippen LogP contribution in [-0.4, -0.2) is 54.9 Å². The van der Waals surface area contributed by atoms with E-state index in [0.717, 1.165) is 11.1 Å². The molecule has 22 heavy (non-hydrogen) atoms. The summed E-state index contributed by atoms with van der Waals surface area (Å²) in [6.07, 6.45) is 3.38. The summed E-state index contributed by atoms with van der Waals surface area (Å²) in [4.78, 5) is 13.9. The van der Waals surface area contributed by atoms with Gasteiger partial charge in [0, 0.05) is 13.1 Å². The van der Waals surface area contributed by atoms with Gasteiger partial charge < -0.3 is 19.5 Å². The molecule has 1 saturated heterocycles. The van der Waals surface area contributed by atoms with Gasteiger partial charge in [-0.15, -0.1) is 0 Å². The maximum atomic E-state index is 12.1. The van der Waals surface area contributed by atoms with Crippen molar-refractivity contribution in [2.24, 2.45) is 0 Å². The van der Waals surface area contributed by atoms with E-state index < -0.39 is 6.10 Å². The highest BCUT2D eigenvalue weighted by Crippen LogP contribution is 2.07. The van der Waals surface area contributed by atoms with E-state index in [1.54, 1.807) is 11.8 Å². The molecule has 1 aliphatic heterocycles. The Labute approximate surface area is 131 Å². The molecule has 0 radical (unpaired) electrons. The zero-order chi connectivity index (χ0) is 15.8. The van der Waals surface area contributed by atoms with Crippen LogP contribution in [0, 0.1) is 0 Å². The van der Waals surface area contributed by atoms with E-state index in [1.165, 1.54) is 0 Å². The van der Waals surface area contributed by atoms with Crippen LogP contribution in [0.5, 0.6) is 0 Å². The van der Waals surface area contributed by atoms with Crippen molar-refractivity contribution in [3.63, 3.8) is 0 Å². The Morgan fingerprint density at radius 1 is 1.36 bits per heavy atom. The fourth-order valence-corrected chi connectivity index (χ4v) is 2.23. The standard InChI is InChI=1S/C17H23NO4/c1-14(17(20)18-8-11-21-12-9-18)22-10-2-3-15-4-6-16(13-19)7-5-15/h2-7,14,19H,8-13H2,1H3/b3-2+/t14-/m1/s1. The molecule has 5 nitrogen and oxygen atoms in total. The molecule has 0 aromatic heterocycles. The van der Waals surface area contributed by atoms with E-state index in [-0.39, 0.29) is 12.5 Å². The molecule has 0 bridgehead atoms. The van der Waals surface area contributed by atoms with Gasteiger partial charge in [0.05, 0.1) is 26.4 Å². The minimum absolute atomic E-state index is 0.0176. The predicted molar refractivity (Wildman–Crippen MR) is 84.2 cm³/mol. The van der Waals surface area contributed by atoms with Crippen molar-refractivity contribution in [2.45, 2.75) is 19.6 Å². The average Bonchev–Trinajstić information content (AvgIpc) is 2.59. The third-order valence-corrected chi connectivity index (χ3v) is 3.59. The number of carbonyl (C=O) groups is 1. The number of hydrogen-bond acceptors (Lipinski definition) is 4. The van der Waals surface area contributed by atoms with Crippen LogP contribution in [0.25, 0.3) is 6.08 Å². The Morgan fingerprint density at radius 3 is 2.68 bits per heavy atom. The first-order valence-electron chi connectivity index (χ1n) is 7.55. The number of ether oxygens (including phenoxy) is 2. The molecule has 1 fully saturated rings. The Bertz CT molecular complexity index is 492. The molecule has 1 N–H and O–H groups in total. The van der Waals surface area contributed by atoms with Crippen LogP contribution >= 0.6 is 0 Å². The summed E-state index contributed by atoms with van der Waals surface area (Å²) >= 11 is 0. The molecular formula is C17H23NO4. The van der Waals surface area contributed by atoms with Crippen molar-refractivity contribution in [2.75, 3.05) is 32.9 Å². The number of hydrogen-bond donors (Lipinski definition) is 1. The van der Waals surface area contributed by atoms with E-state index in [4.69, 9.17) is 14.6 Å². The van der Waals surface area contributed by atoms with Crippen LogP contribution in [-0.2, 0) is 20.9 Å². The van der Waals surface area contributed by atoms with Gasteiger partial charge >= 0.3 is 0 Å². The number of nitrogens with zero attached hydrogens (tertiary/aromatic N) is 1. The third kappa shape index (κ3) is 4.94. The predicted octanol–water partition coefficient (Wildman–Crippen LogP) is 1.46. The lowest BCUT2D eigenvalue weighted by atomic mass is 10.1. The highest BCUT2D eigenvalue weighted by Gasteiger charge is 2.22. The maximum absolute atomic E-state index is 12.1. The van der Waals surface area contributed by atoms with Gasteiger partial charge in [-0.05, 0) is 18.1 Å². The smallest absolute Gasteiger partial charge is 0.251 e. The molecule has 0 aliphatic carbocycles. The van der Waals surface area contributed by atoms with Gasteiger partial charge in [-0.3, -0.25) is 4.79 Å². The number of carbonyl (C=O) groups excluding carboxylic acids is 1. The fraction of sp³-hybridized carbons (Fsp3) is 0.471. The average molecular weight is 305 g/mol. The lowest BCUT2D eigenvalue weighted by molar-refractivity contribution is -0.145. The lowest BCUT2D eigenvalue weighted by Gasteiger charge is -2.29. The fourth-order valence-electron chi connectivity index (χ4n) is 2.23. The van der Waals surface area contributed by atoms with Crippen molar-refractivity contribution in [3.8, 4) is 0 Å². The van der Waals surface area contributed by atoms with Crippen LogP contribution in [0.3, 0.4) is 0 Å². The quantitative estimate of drug-likeness (QED) is 0.864. The van der Waals surface area contributed by atoms with Crippen molar-refractivity contribution in [1.29, 1.82) is 0 Å². The first-order chi connectivity index (χ1) is 10.7. The van der Waals surface area contributed by atoms with Gasteiger partial charge in [0.2, 0.25) is 0 Å². The van der Waals surface area contributed by atoms with Crippen LogP contribution in [0.15, 0.2) is 30.3 Å². The highest BCUT2D eigenvalue weighted by atomic mass is 16.5. The second-order valence-corrected chi connectivity index (χ2v) is 5.22. The van der Waals surface area contributed by atoms with E-state index >= 15 is 0 Å². The normalized spacial score (nSPS) is 16.9. The Kier molecular flexibility index (Phi) is 6.58. The minimum Gasteiger partial charge on any atom is -0.392 e. The summed E-state index contributed by atoms with van der Waals surface area (Å²) in [5.74, 6) is 0.0176. The molecule has 1 aromatic rings. The van der Waals surface area contributed by atoms with Crippen LogP contribution in [0.4, 0.5) is 0 Å². The largest absolute Gasteiger partial charge is 0.392 e. The Morgan fingerprint density at radius 2 is 2.05 bits per heavy atom. The summed E-state index contributed by atoms with van der Waals surface area (Å²) in [5, 5.41) is 8.98. The number of morpholine rings is 1. The summed E-state index contributed by atoms with van der Waals surface area (Å²) in [7, 11) is 0. The maximum Gasteiger partial charge on any atom is 0.251 e. The molecule has 2 rings (SSSR count). The van der Waals surface area contributed by atoms with Crippen molar-refractivity contribution in [3.05, 3.63) is 41.5 Å². The zero-order valence-corrected chi connectivity index (χ0v) is 12.9. The van der Waals surface area contributed by atoms with Gasteiger partial charge in [0.25, 0.3) is 5.91 Å². The second-order valence-electron chi connectivity index (χ2n) is 5.22. The van der Waals surface area contributed by atoms with E-state index in [1.807, 2.05) is 36.4 Å². The van der Waals surface area contributed by atoms with E-state index in [9.17, 15) is 4.79 Å². The monoisotopic (exact) mass is 305 g/mol. The lowest BCUT2D eigenvalue weighted by Crippen LogP contribution is -2.45. The summed E-state index contributed by atoms with van der Waals surface area (Å²) in [6, 6.07) is 7.63. The van der Waals surface area contributed by atoms with E-state index in [0.29, 0.717) is 32.9 Å². The van der Waals surface area contributed by atoms with Gasteiger partial charge in [0.1, 0.15) is 6.10 Å². The number of aliphatic hydroxyl groups excluding tert-OH is 1. The van der Waals surface area contributed by atoms with Crippen LogP contribution in [0.2, 0.25) is 0 Å². The van der Waals surface area contributed by atoms with E-state index in [2.05, 4.69) is 0 Å². The molecular weight excluding hydrogens is 282 g/mol. The molecule has 1 amide bonds. The molecule has 1 aromatic carbocycles. The second kappa shape index (κ2) is 8.68. The molecule has 1 aliphatic rings. The highest BCUT2D eigenvalue weighted by molar-refractivity contribution is 5.80. The number of aliphatic hydroxyl groups is 1. The Balaban J connectivity index is 1.74. The number of amides is 1. The first kappa shape index (κ1) is 16.7. The zero-order valence-electron chi connectivity index (χ0n) is 12.9. The van der Waals surface area contributed by atoms with Gasteiger partial charge in [-0.2, -0.15) is 0 Å². The minimum atomic E-state index is -0.445. The first-order valence-corrected chi connectivity index (χ1v) is 7.55. The topological polar surface area (TPSA) is 59.0 Å². The van der Waals surface area contributed by atoms with Crippen LogP contribution < -0.4 is 0 Å².